The van der Waals surface area contributed by atoms with Crippen molar-refractivity contribution in [3.05, 3.63) is 0 Å². The van der Waals surface area contributed by atoms with Crippen molar-refractivity contribution in [1.82, 2.24) is 0 Å². The summed E-state index contributed by atoms with van der Waals surface area (Å²) in [6.45, 7) is 6.50. The summed E-state index contributed by atoms with van der Waals surface area (Å²) in [6.07, 6.45) is 41.5. The molecule has 0 saturated heterocycles. The molecular weight excluding hydrogens is 637 g/mol. The molecule has 0 bridgehead atoms. The first-order valence-electron chi connectivity index (χ1n) is 22.5. The van der Waals surface area contributed by atoms with Crippen LogP contribution in [0.4, 0.5) is 0 Å². The van der Waals surface area contributed by atoms with Crippen LogP contribution in [0, 0.1) is 0 Å². The smallest absolute Gasteiger partial charge is 0.306 e. The molecule has 302 valence electrons. The van der Waals surface area contributed by atoms with Crippen molar-refractivity contribution in [1.29, 1.82) is 0 Å². The van der Waals surface area contributed by atoms with E-state index in [0.717, 1.165) is 57.8 Å². The van der Waals surface area contributed by atoms with Gasteiger partial charge in [-0.3, -0.25) is 14.4 Å². The lowest BCUT2D eigenvalue weighted by atomic mass is 10.0. The second-order valence-electron chi connectivity index (χ2n) is 15.3. The predicted molar refractivity (Wildman–Crippen MR) is 215 cm³/mol. The second-order valence-corrected chi connectivity index (χ2v) is 15.3. The van der Waals surface area contributed by atoms with Crippen LogP contribution < -0.4 is 0 Å². The molecule has 0 unspecified atom stereocenters. The van der Waals surface area contributed by atoms with E-state index in [1.165, 1.54) is 154 Å². The Labute approximate surface area is 317 Å². The molecule has 0 atom stereocenters. The van der Waals surface area contributed by atoms with Gasteiger partial charge in [0.25, 0.3) is 0 Å². The number of carbonyl (C=O) groups excluding carboxylic acids is 3. The lowest BCUT2D eigenvalue weighted by Crippen LogP contribution is -2.30. The van der Waals surface area contributed by atoms with E-state index >= 15 is 0 Å². The Morgan fingerprint density at radius 3 is 0.824 bits per heavy atom. The zero-order chi connectivity index (χ0) is 37.3. The standard InChI is InChI=1S/C45H86O6/c1-4-7-10-12-14-16-18-20-22-24-26-28-30-32-35-37-43(46)49-40-42(51-45(48)39-34-9-6-3)41-50-44(47)38-36-33-31-29-27-25-23-21-19-17-15-13-11-8-5-2/h42H,4-41H2,1-3H3/i45+1. The van der Waals surface area contributed by atoms with E-state index in [2.05, 4.69) is 20.8 Å². The Morgan fingerprint density at radius 2 is 0.529 bits per heavy atom. The van der Waals surface area contributed by atoms with Crippen molar-refractivity contribution in [2.24, 2.45) is 0 Å². The van der Waals surface area contributed by atoms with E-state index < -0.39 is 6.10 Å². The Kier molecular flexibility index (Phi) is 39.9. The zero-order valence-electron chi connectivity index (χ0n) is 34.4. The number of unbranched alkanes of at least 4 members (excludes halogenated alkanes) is 30. The topological polar surface area (TPSA) is 78.9 Å². The van der Waals surface area contributed by atoms with Crippen LogP contribution >= 0.6 is 0 Å². The molecule has 51 heavy (non-hydrogen) atoms. The molecule has 0 aliphatic rings. The first-order chi connectivity index (χ1) is 25.0. The van der Waals surface area contributed by atoms with Crippen molar-refractivity contribution in [3.8, 4) is 0 Å². The maximum absolute atomic E-state index is 12.4. The summed E-state index contributed by atoms with van der Waals surface area (Å²) >= 11 is 0. The van der Waals surface area contributed by atoms with Crippen LogP contribution in [-0.4, -0.2) is 37.2 Å². The number of hydrogen-bond acceptors (Lipinski definition) is 6. The Bertz CT molecular complexity index is 703. The number of esters is 3. The largest absolute Gasteiger partial charge is 0.462 e. The van der Waals surface area contributed by atoms with Crippen LogP contribution in [0.3, 0.4) is 0 Å². The predicted octanol–water partition coefficient (Wildman–Crippen LogP) is 14.1. The average molecular weight is 724 g/mol. The molecule has 0 heterocycles. The van der Waals surface area contributed by atoms with Gasteiger partial charge in [-0.05, 0) is 19.3 Å². The molecule has 0 radical (unpaired) electrons. The fourth-order valence-corrected chi connectivity index (χ4v) is 6.68. The second kappa shape index (κ2) is 41.2. The summed E-state index contributed by atoms with van der Waals surface area (Å²) < 4.78 is 16.5. The number of ether oxygens (including phenoxy) is 3. The van der Waals surface area contributed by atoms with Crippen LogP contribution in [-0.2, 0) is 28.6 Å². The monoisotopic (exact) mass is 724 g/mol. The van der Waals surface area contributed by atoms with E-state index in [-0.39, 0.29) is 31.1 Å². The third-order valence-electron chi connectivity index (χ3n) is 10.1. The van der Waals surface area contributed by atoms with Crippen LogP contribution in [0.25, 0.3) is 0 Å². The van der Waals surface area contributed by atoms with Gasteiger partial charge in [0.2, 0.25) is 0 Å². The molecule has 0 aliphatic carbocycles. The van der Waals surface area contributed by atoms with Gasteiger partial charge in [-0.15, -0.1) is 0 Å². The van der Waals surface area contributed by atoms with Crippen molar-refractivity contribution >= 4 is 17.9 Å². The van der Waals surface area contributed by atoms with Gasteiger partial charge in [-0.25, -0.2) is 0 Å². The van der Waals surface area contributed by atoms with Crippen LogP contribution in [0.15, 0.2) is 0 Å². The maximum Gasteiger partial charge on any atom is 0.306 e. The van der Waals surface area contributed by atoms with Gasteiger partial charge in [-0.2, -0.15) is 0 Å². The van der Waals surface area contributed by atoms with Gasteiger partial charge in [0.15, 0.2) is 6.10 Å². The molecular formula is C45H86O6. The molecule has 0 N–H and O–H groups in total. The van der Waals surface area contributed by atoms with E-state index in [1.54, 1.807) is 0 Å². The van der Waals surface area contributed by atoms with E-state index in [9.17, 15) is 14.4 Å². The summed E-state index contributed by atoms with van der Waals surface area (Å²) in [6, 6.07) is 0. The molecule has 0 rings (SSSR count). The van der Waals surface area contributed by atoms with Crippen molar-refractivity contribution in [3.63, 3.8) is 0 Å². The maximum atomic E-state index is 12.4. The molecule has 0 fully saturated rings. The summed E-state index contributed by atoms with van der Waals surface area (Å²) in [5.74, 6) is -0.882. The van der Waals surface area contributed by atoms with Crippen molar-refractivity contribution < 1.29 is 28.6 Å². The summed E-state index contributed by atoms with van der Waals surface area (Å²) in [7, 11) is 0. The van der Waals surface area contributed by atoms with E-state index in [4.69, 9.17) is 14.2 Å². The molecule has 6 heteroatoms. The highest BCUT2D eigenvalue weighted by Crippen LogP contribution is 2.16. The number of rotatable bonds is 41. The molecule has 0 aromatic heterocycles. The first kappa shape index (κ1) is 49.4. The first-order valence-corrected chi connectivity index (χ1v) is 22.5. The molecule has 0 aliphatic heterocycles. The summed E-state index contributed by atoms with van der Waals surface area (Å²) in [4.78, 5) is 37.2. The van der Waals surface area contributed by atoms with Gasteiger partial charge in [0.05, 0.1) is 0 Å². The van der Waals surface area contributed by atoms with Gasteiger partial charge < -0.3 is 14.2 Å². The molecule has 0 spiro atoms. The SMILES string of the molecule is CCCCCCCCCCCCCCCCCC(=O)OCC(COC(=O)CCCCCCCCCCCCCCCCC)O[13C](=O)CCCCC. The third-order valence-corrected chi connectivity index (χ3v) is 10.1. The van der Waals surface area contributed by atoms with E-state index in [0.29, 0.717) is 19.3 Å². The lowest BCUT2D eigenvalue weighted by Gasteiger charge is -2.18. The quantitative estimate of drug-likeness (QED) is 0.0270. The van der Waals surface area contributed by atoms with Gasteiger partial charge in [0, 0.05) is 19.3 Å². The molecule has 0 aromatic carbocycles. The highest BCUT2D eigenvalue weighted by Gasteiger charge is 2.19. The number of carbonyl (C=O) groups is 3. The summed E-state index contributed by atoms with van der Waals surface area (Å²) in [5, 5.41) is 0. The molecule has 0 aromatic rings. The minimum atomic E-state index is -0.755. The fourth-order valence-electron chi connectivity index (χ4n) is 6.68. The Balaban J connectivity index is 4.00. The minimum Gasteiger partial charge on any atom is -0.462 e. The average Bonchev–Trinajstić information content (AvgIpc) is 3.12. The van der Waals surface area contributed by atoms with Crippen LogP contribution in [0.1, 0.15) is 252 Å². The van der Waals surface area contributed by atoms with Crippen LogP contribution in [0.5, 0.6) is 0 Å². The van der Waals surface area contributed by atoms with E-state index in [1.807, 2.05) is 0 Å². The lowest BCUT2D eigenvalue weighted by molar-refractivity contribution is -0.167. The molecule has 0 amide bonds. The van der Waals surface area contributed by atoms with Gasteiger partial charge in [-0.1, -0.05) is 213 Å². The van der Waals surface area contributed by atoms with Gasteiger partial charge >= 0.3 is 17.9 Å². The van der Waals surface area contributed by atoms with Gasteiger partial charge in [0.1, 0.15) is 13.2 Å². The third kappa shape index (κ3) is 39.5. The Hall–Kier alpha value is -1.59. The fraction of sp³-hybridized carbons (Fsp3) is 0.933. The summed E-state index contributed by atoms with van der Waals surface area (Å²) in [5.41, 5.74) is 0. The minimum absolute atomic E-state index is 0.0661. The van der Waals surface area contributed by atoms with Crippen molar-refractivity contribution in [2.75, 3.05) is 13.2 Å². The zero-order valence-corrected chi connectivity index (χ0v) is 34.4. The highest BCUT2D eigenvalue weighted by molar-refractivity contribution is 5.71. The molecule has 6 nitrogen and oxygen atoms in total. The van der Waals surface area contributed by atoms with Crippen LogP contribution in [0.2, 0.25) is 0 Å². The normalized spacial score (nSPS) is 11.3. The highest BCUT2D eigenvalue weighted by atomic mass is 16.7. The molecule has 0 saturated carbocycles. The Morgan fingerprint density at radius 1 is 0.314 bits per heavy atom. The van der Waals surface area contributed by atoms with Crippen molar-refractivity contribution in [2.45, 2.75) is 258 Å². The number of hydrogen-bond donors (Lipinski definition) is 0.